The van der Waals surface area contributed by atoms with Gasteiger partial charge in [-0.15, -0.1) is 11.6 Å². The van der Waals surface area contributed by atoms with Gasteiger partial charge in [-0.3, -0.25) is 0 Å². The first-order valence-electron chi connectivity index (χ1n) is 4.26. The Morgan fingerprint density at radius 3 is 2.91 bits per heavy atom. The van der Waals surface area contributed by atoms with Gasteiger partial charge in [0.2, 0.25) is 0 Å². The van der Waals surface area contributed by atoms with Crippen molar-refractivity contribution in [3.63, 3.8) is 0 Å². The lowest BCUT2D eigenvalue weighted by Crippen LogP contribution is -2.02. The van der Waals surface area contributed by atoms with Crippen molar-refractivity contribution in [1.82, 2.24) is 0 Å². The van der Waals surface area contributed by atoms with Crippen LogP contribution in [0, 0.1) is 5.92 Å². The zero-order chi connectivity index (χ0) is 8.27. The molecular weight excluding hydrogens is 156 g/mol. The SMILES string of the molecule is CC[C@H](C)C1=CCC(Cl)C=C1. The molecule has 0 saturated heterocycles. The Bertz CT molecular complexity index is 179. The maximum atomic E-state index is 5.90. The van der Waals surface area contributed by atoms with Crippen LogP contribution in [0.25, 0.3) is 0 Å². The maximum Gasteiger partial charge on any atom is 0.0553 e. The Kier molecular flexibility index (Phi) is 3.19. The molecule has 0 radical (unpaired) electrons. The summed E-state index contributed by atoms with van der Waals surface area (Å²) in [6.07, 6.45) is 8.71. The van der Waals surface area contributed by atoms with Crippen molar-refractivity contribution in [3.8, 4) is 0 Å². The summed E-state index contributed by atoms with van der Waals surface area (Å²) in [5.74, 6) is 0.690. The average Bonchev–Trinajstić information content (AvgIpc) is 2.05. The third-order valence-corrected chi connectivity index (χ3v) is 2.58. The van der Waals surface area contributed by atoms with Crippen molar-refractivity contribution >= 4 is 11.6 Å². The Balaban J connectivity index is 2.55. The molecule has 1 rings (SSSR count). The molecule has 0 heterocycles. The van der Waals surface area contributed by atoms with Crippen molar-refractivity contribution < 1.29 is 0 Å². The van der Waals surface area contributed by atoms with E-state index in [2.05, 4.69) is 32.1 Å². The van der Waals surface area contributed by atoms with Crippen molar-refractivity contribution in [1.29, 1.82) is 0 Å². The Hall–Kier alpha value is -0.230. The molecule has 1 unspecified atom stereocenters. The third kappa shape index (κ3) is 2.37. The Labute approximate surface area is 73.9 Å². The topological polar surface area (TPSA) is 0 Å². The molecule has 0 fully saturated rings. The predicted octanol–water partition coefficient (Wildman–Crippen LogP) is 3.53. The normalized spacial score (nSPS) is 26.5. The van der Waals surface area contributed by atoms with Crippen molar-refractivity contribution in [3.05, 3.63) is 23.8 Å². The monoisotopic (exact) mass is 170 g/mol. The van der Waals surface area contributed by atoms with E-state index in [0.29, 0.717) is 5.92 Å². The lowest BCUT2D eigenvalue weighted by atomic mass is 9.94. The van der Waals surface area contributed by atoms with Gasteiger partial charge in [-0.05, 0) is 24.3 Å². The number of rotatable bonds is 2. The molecule has 0 aromatic heterocycles. The van der Waals surface area contributed by atoms with E-state index in [1.54, 1.807) is 0 Å². The second kappa shape index (κ2) is 3.96. The van der Waals surface area contributed by atoms with E-state index >= 15 is 0 Å². The highest BCUT2D eigenvalue weighted by Crippen LogP contribution is 2.22. The number of hydrogen-bond donors (Lipinski definition) is 0. The van der Waals surface area contributed by atoms with Crippen LogP contribution in [0.4, 0.5) is 0 Å². The molecule has 0 bridgehead atoms. The van der Waals surface area contributed by atoms with Crippen LogP contribution in [-0.4, -0.2) is 5.38 Å². The first-order chi connectivity index (χ1) is 5.24. The summed E-state index contributed by atoms with van der Waals surface area (Å²) < 4.78 is 0. The zero-order valence-electron chi connectivity index (χ0n) is 7.18. The molecule has 0 aromatic rings. The van der Waals surface area contributed by atoms with Gasteiger partial charge in [0.15, 0.2) is 0 Å². The highest BCUT2D eigenvalue weighted by Gasteiger charge is 2.08. The largest absolute Gasteiger partial charge is 0.118 e. The van der Waals surface area contributed by atoms with Crippen LogP contribution in [0.1, 0.15) is 26.7 Å². The summed E-state index contributed by atoms with van der Waals surface area (Å²) in [5.41, 5.74) is 1.45. The average molecular weight is 171 g/mol. The molecule has 11 heavy (non-hydrogen) atoms. The lowest BCUT2D eigenvalue weighted by molar-refractivity contribution is 0.662. The molecule has 1 aliphatic rings. The van der Waals surface area contributed by atoms with Gasteiger partial charge in [-0.2, -0.15) is 0 Å². The van der Waals surface area contributed by atoms with E-state index in [1.165, 1.54) is 12.0 Å². The Morgan fingerprint density at radius 2 is 2.45 bits per heavy atom. The van der Waals surface area contributed by atoms with Crippen LogP contribution in [-0.2, 0) is 0 Å². The molecule has 0 saturated carbocycles. The summed E-state index contributed by atoms with van der Waals surface area (Å²) in [5, 5.41) is 0.225. The molecule has 1 heteroatoms. The fourth-order valence-electron chi connectivity index (χ4n) is 1.21. The van der Waals surface area contributed by atoms with E-state index in [9.17, 15) is 0 Å². The highest BCUT2D eigenvalue weighted by molar-refractivity contribution is 6.22. The number of allylic oxidation sites excluding steroid dienone is 4. The number of hydrogen-bond acceptors (Lipinski definition) is 0. The Morgan fingerprint density at radius 1 is 1.73 bits per heavy atom. The molecule has 0 aliphatic heterocycles. The maximum absolute atomic E-state index is 5.90. The van der Waals surface area contributed by atoms with Gasteiger partial charge < -0.3 is 0 Å². The first kappa shape index (κ1) is 8.86. The predicted molar refractivity (Wildman–Crippen MR) is 50.9 cm³/mol. The minimum absolute atomic E-state index is 0.225. The van der Waals surface area contributed by atoms with E-state index in [-0.39, 0.29) is 5.38 Å². The van der Waals surface area contributed by atoms with Crippen molar-refractivity contribution in [2.45, 2.75) is 32.1 Å². The van der Waals surface area contributed by atoms with Crippen molar-refractivity contribution in [2.24, 2.45) is 5.92 Å². The van der Waals surface area contributed by atoms with Gasteiger partial charge in [0, 0.05) is 0 Å². The van der Waals surface area contributed by atoms with E-state index in [0.717, 1.165) is 6.42 Å². The highest BCUT2D eigenvalue weighted by atomic mass is 35.5. The van der Waals surface area contributed by atoms with Gasteiger partial charge in [-0.1, -0.05) is 32.1 Å². The molecular formula is C10H15Cl. The molecule has 0 N–H and O–H groups in total. The molecule has 0 aromatic carbocycles. The van der Waals surface area contributed by atoms with Gasteiger partial charge >= 0.3 is 0 Å². The van der Waals surface area contributed by atoms with Crippen LogP contribution >= 0.6 is 11.6 Å². The van der Waals surface area contributed by atoms with E-state index in [1.807, 2.05) is 0 Å². The second-order valence-electron chi connectivity index (χ2n) is 3.12. The van der Waals surface area contributed by atoms with Gasteiger partial charge in [0.25, 0.3) is 0 Å². The summed E-state index contributed by atoms with van der Waals surface area (Å²) in [4.78, 5) is 0. The molecule has 0 spiro atoms. The third-order valence-electron chi connectivity index (χ3n) is 2.26. The molecule has 2 atom stereocenters. The molecule has 0 amide bonds. The fourth-order valence-corrected chi connectivity index (χ4v) is 1.37. The zero-order valence-corrected chi connectivity index (χ0v) is 7.93. The van der Waals surface area contributed by atoms with Crippen LogP contribution in [0.2, 0.25) is 0 Å². The number of halogens is 1. The molecule has 62 valence electrons. The van der Waals surface area contributed by atoms with Gasteiger partial charge in [-0.25, -0.2) is 0 Å². The lowest BCUT2D eigenvalue weighted by Gasteiger charge is -2.15. The van der Waals surface area contributed by atoms with Crippen LogP contribution < -0.4 is 0 Å². The van der Waals surface area contributed by atoms with Crippen LogP contribution in [0.3, 0.4) is 0 Å². The van der Waals surface area contributed by atoms with E-state index < -0.39 is 0 Å². The summed E-state index contributed by atoms with van der Waals surface area (Å²) >= 11 is 5.90. The van der Waals surface area contributed by atoms with Crippen molar-refractivity contribution in [2.75, 3.05) is 0 Å². The van der Waals surface area contributed by atoms with Gasteiger partial charge in [0.05, 0.1) is 5.38 Å². The first-order valence-corrected chi connectivity index (χ1v) is 4.70. The molecule has 0 nitrogen and oxygen atoms in total. The quantitative estimate of drug-likeness (QED) is 0.557. The molecule has 1 aliphatic carbocycles. The summed E-state index contributed by atoms with van der Waals surface area (Å²) in [7, 11) is 0. The second-order valence-corrected chi connectivity index (χ2v) is 3.68. The van der Waals surface area contributed by atoms with E-state index in [4.69, 9.17) is 11.6 Å². The fraction of sp³-hybridized carbons (Fsp3) is 0.600. The minimum atomic E-state index is 0.225. The van der Waals surface area contributed by atoms with Crippen LogP contribution in [0.15, 0.2) is 23.8 Å². The minimum Gasteiger partial charge on any atom is -0.118 e. The van der Waals surface area contributed by atoms with Crippen LogP contribution in [0.5, 0.6) is 0 Å². The standard InChI is InChI=1S/C10H15Cl/c1-3-8(2)9-4-6-10(11)7-5-9/h4-6,8,10H,3,7H2,1-2H3/t8-,10?/m0/s1. The smallest absolute Gasteiger partial charge is 0.0553 e. The number of alkyl halides is 1. The summed E-state index contributed by atoms with van der Waals surface area (Å²) in [6, 6.07) is 0. The van der Waals surface area contributed by atoms with Gasteiger partial charge in [0.1, 0.15) is 0 Å². The summed E-state index contributed by atoms with van der Waals surface area (Å²) in [6.45, 7) is 4.47.